The third-order valence-electron chi connectivity index (χ3n) is 3.39. The highest BCUT2D eigenvalue weighted by Crippen LogP contribution is 2.21. The van der Waals surface area contributed by atoms with Crippen molar-refractivity contribution in [1.82, 2.24) is 4.90 Å². The molecule has 17 heavy (non-hydrogen) atoms. The summed E-state index contributed by atoms with van der Waals surface area (Å²) in [5.41, 5.74) is 0. The van der Waals surface area contributed by atoms with E-state index in [-0.39, 0.29) is 5.91 Å². The zero-order valence-electron chi connectivity index (χ0n) is 10.7. The first-order valence-corrected chi connectivity index (χ1v) is 6.45. The van der Waals surface area contributed by atoms with Crippen molar-refractivity contribution in [2.75, 3.05) is 13.1 Å². The van der Waals surface area contributed by atoms with Crippen molar-refractivity contribution in [2.45, 2.75) is 33.1 Å². The number of likely N-dealkylation sites (tertiary alicyclic amines) is 1. The van der Waals surface area contributed by atoms with Crippen molar-refractivity contribution in [2.24, 2.45) is 11.8 Å². The summed E-state index contributed by atoms with van der Waals surface area (Å²) in [5.74, 6) is 2.42. The Hall–Kier alpha value is -1.25. The first-order valence-electron chi connectivity index (χ1n) is 6.45. The molecule has 1 aromatic heterocycles. The van der Waals surface area contributed by atoms with Gasteiger partial charge in [-0.15, -0.1) is 0 Å². The third-order valence-corrected chi connectivity index (χ3v) is 3.39. The normalized spacial score (nSPS) is 24.9. The lowest BCUT2D eigenvalue weighted by Crippen LogP contribution is -2.42. The van der Waals surface area contributed by atoms with Crippen LogP contribution in [0.3, 0.4) is 0 Å². The highest BCUT2D eigenvalue weighted by molar-refractivity contribution is 5.76. The Morgan fingerprint density at radius 2 is 2.12 bits per heavy atom. The summed E-state index contributed by atoms with van der Waals surface area (Å²) < 4.78 is 5.24. The standard InChI is InChI=1S/C14H21NO2/c1-11-8-12(2)10-15(9-11)14(16)6-5-13-4-3-7-17-13/h3-4,7,11-12H,5-6,8-10H2,1-2H3. The molecule has 1 aromatic rings. The molecule has 2 rings (SSSR count). The van der Waals surface area contributed by atoms with Gasteiger partial charge in [-0.25, -0.2) is 0 Å². The smallest absolute Gasteiger partial charge is 0.223 e. The summed E-state index contributed by atoms with van der Waals surface area (Å²) in [5, 5.41) is 0. The van der Waals surface area contributed by atoms with Gasteiger partial charge in [0.25, 0.3) is 0 Å². The monoisotopic (exact) mass is 235 g/mol. The van der Waals surface area contributed by atoms with Crippen molar-refractivity contribution in [1.29, 1.82) is 0 Å². The fraction of sp³-hybridized carbons (Fsp3) is 0.643. The molecule has 0 radical (unpaired) electrons. The molecule has 3 heteroatoms. The molecule has 0 saturated carbocycles. The molecular formula is C14H21NO2. The third kappa shape index (κ3) is 3.35. The highest BCUT2D eigenvalue weighted by atomic mass is 16.3. The molecule has 0 bridgehead atoms. The van der Waals surface area contributed by atoms with Crippen molar-refractivity contribution in [3.63, 3.8) is 0 Å². The molecule has 2 atom stereocenters. The van der Waals surface area contributed by atoms with Crippen LogP contribution >= 0.6 is 0 Å². The molecule has 94 valence electrons. The van der Waals surface area contributed by atoms with E-state index in [1.165, 1.54) is 6.42 Å². The molecule has 1 aliphatic rings. The lowest BCUT2D eigenvalue weighted by Gasteiger charge is -2.35. The van der Waals surface area contributed by atoms with Gasteiger partial charge < -0.3 is 9.32 Å². The molecule has 1 amide bonds. The minimum absolute atomic E-state index is 0.264. The second-order valence-electron chi connectivity index (χ2n) is 5.32. The maximum absolute atomic E-state index is 12.1. The fourth-order valence-electron chi connectivity index (χ4n) is 2.71. The number of carbonyl (C=O) groups is 1. The number of nitrogens with zero attached hydrogens (tertiary/aromatic N) is 1. The van der Waals surface area contributed by atoms with Crippen molar-refractivity contribution in [3.05, 3.63) is 24.2 Å². The molecule has 0 spiro atoms. The van der Waals surface area contributed by atoms with Crippen LogP contribution in [0.5, 0.6) is 0 Å². The number of rotatable bonds is 3. The highest BCUT2D eigenvalue weighted by Gasteiger charge is 2.24. The van der Waals surface area contributed by atoms with Crippen LogP contribution in [0.2, 0.25) is 0 Å². The quantitative estimate of drug-likeness (QED) is 0.807. The second-order valence-corrected chi connectivity index (χ2v) is 5.32. The summed E-state index contributed by atoms with van der Waals surface area (Å²) in [4.78, 5) is 14.1. The van der Waals surface area contributed by atoms with Gasteiger partial charge in [0, 0.05) is 25.9 Å². The van der Waals surface area contributed by atoms with Gasteiger partial charge in [0.15, 0.2) is 0 Å². The number of piperidine rings is 1. The molecule has 0 N–H and O–H groups in total. The Balaban J connectivity index is 1.83. The lowest BCUT2D eigenvalue weighted by molar-refractivity contribution is -0.133. The van der Waals surface area contributed by atoms with Gasteiger partial charge >= 0.3 is 0 Å². The maximum atomic E-state index is 12.1. The van der Waals surface area contributed by atoms with Crippen molar-refractivity contribution < 1.29 is 9.21 Å². The average molecular weight is 235 g/mol. The largest absolute Gasteiger partial charge is 0.469 e. The summed E-state index contributed by atoms with van der Waals surface area (Å²) in [6.45, 7) is 6.29. The zero-order chi connectivity index (χ0) is 12.3. The van der Waals surface area contributed by atoms with E-state index in [9.17, 15) is 4.79 Å². The van der Waals surface area contributed by atoms with Gasteiger partial charge in [-0.1, -0.05) is 13.8 Å². The Bertz CT molecular complexity index is 348. The molecule has 1 saturated heterocycles. The molecule has 2 heterocycles. The van der Waals surface area contributed by atoms with Crippen molar-refractivity contribution >= 4 is 5.91 Å². The van der Waals surface area contributed by atoms with Crippen molar-refractivity contribution in [3.8, 4) is 0 Å². The first-order chi connectivity index (χ1) is 8.15. The van der Waals surface area contributed by atoms with E-state index in [0.717, 1.165) is 18.8 Å². The van der Waals surface area contributed by atoms with Crippen LogP contribution in [0, 0.1) is 11.8 Å². The predicted octanol–water partition coefficient (Wildman–Crippen LogP) is 2.72. The topological polar surface area (TPSA) is 33.5 Å². The van der Waals surface area contributed by atoms with E-state index < -0.39 is 0 Å². The average Bonchev–Trinajstić information content (AvgIpc) is 2.77. The Labute approximate surface area is 103 Å². The maximum Gasteiger partial charge on any atom is 0.223 e. The number of amides is 1. The van der Waals surface area contributed by atoms with Gasteiger partial charge in [-0.05, 0) is 30.4 Å². The summed E-state index contributed by atoms with van der Waals surface area (Å²) >= 11 is 0. The van der Waals surface area contributed by atoms with E-state index >= 15 is 0 Å². The molecule has 1 aliphatic heterocycles. The van der Waals surface area contributed by atoms with Crippen LogP contribution in [0.25, 0.3) is 0 Å². The number of hydrogen-bond donors (Lipinski definition) is 0. The second kappa shape index (κ2) is 5.39. The SMILES string of the molecule is CC1CC(C)CN(C(=O)CCc2ccco2)C1. The van der Waals surface area contributed by atoms with Gasteiger partial charge in [-0.2, -0.15) is 0 Å². The lowest BCUT2D eigenvalue weighted by atomic mass is 9.91. The van der Waals surface area contributed by atoms with Crippen LogP contribution in [0.4, 0.5) is 0 Å². The van der Waals surface area contributed by atoms with Gasteiger partial charge in [-0.3, -0.25) is 4.79 Å². The Kier molecular flexibility index (Phi) is 3.87. The molecular weight excluding hydrogens is 214 g/mol. The Morgan fingerprint density at radius 3 is 2.71 bits per heavy atom. The van der Waals surface area contributed by atoms with Crippen LogP contribution in [-0.4, -0.2) is 23.9 Å². The molecule has 0 aliphatic carbocycles. The number of furan rings is 1. The Morgan fingerprint density at radius 1 is 1.41 bits per heavy atom. The van der Waals surface area contributed by atoms with Crippen LogP contribution in [0.1, 0.15) is 32.4 Å². The summed E-state index contributed by atoms with van der Waals surface area (Å²) in [7, 11) is 0. The number of hydrogen-bond acceptors (Lipinski definition) is 2. The number of aryl methyl sites for hydroxylation is 1. The molecule has 2 unspecified atom stereocenters. The van der Waals surface area contributed by atoms with Gasteiger partial charge in [0.2, 0.25) is 5.91 Å². The molecule has 0 aromatic carbocycles. The van der Waals surface area contributed by atoms with E-state index in [4.69, 9.17) is 4.42 Å². The van der Waals surface area contributed by atoms with E-state index in [1.807, 2.05) is 17.0 Å². The van der Waals surface area contributed by atoms with E-state index in [2.05, 4.69) is 13.8 Å². The fourth-order valence-corrected chi connectivity index (χ4v) is 2.71. The predicted molar refractivity (Wildman–Crippen MR) is 66.6 cm³/mol. The minimum Gasteiger partial charge on any atom is -0.469 e. The van der Waals surface area contributed by atoms with Crippen LogP contribution in [-0.2, 0) is 11.2 Å². The zero-order valence-corrected chi connectivity index (χ0v) is 10.7. The minimum atomic E-state index is 0.264. The van der Waals surface area contributed by atoms with Gasteiger partial charge in [0.1, 0.15) is 5.76 Å². The van der Waals surface area contributed by atoms with Crippen LogP contribution in [0.15, 0.2) is 22.8 Å². The first kappa shape index (κ1) is 12.2. The van der Waals surface area contributed by atoms with E-state index in [0.29, 0.717) is 24.7 Å². The number of carbonyl (C=O) groups excluding carboxylic acids is 1. The van der Waals surface area contributed by atoms with E-state index in [1.54, 1.807) is 6.26 Å². The molecule has 3 nitrogen and oxygen atoms in total. The van der Waals surface area contributed by atoms with Crippen LogP contribution < -0.4 is 0 Å². The van der Waals surface area contributed by atoms with Gasteiger partial charge in [0.05, 0.1) is 6.26 Å². The summed E-state index contributed by atoms with van der Waals surface area (Å²) in [6.07, 6.45) is 4.17. The molecule has 1 fully saturated rings. The summed E-state index contributed by atoms with van der Waals surface area (Å²) in [6, 6.07) is 3.79.